The van der Waals surface area contributed by atoms with Crippen LogP contribution in [0, 0.1) is 22.9 Å². The first-order valence-corrected chi connectivity index (χ1v) is 21.7. The van der Waals surface area contributed by atoms with Gasteiger partial charge in [0, 0.05) is 36.0 Å². The Balaban J connectivity index is 0.000000291. The molecule has 1 spiro atoms. The Morgan fingerprint density at radius 3 is 2.41 bits per heavy atom. The lowest BCUT2D eigenvalue weighted by Crippen LogP contribution is -2.47. The molecule has 0 bridgehead atoms. The van der Waals surface area contributed by atoms with Crippen LogP contribution >= 0.6 is 0 Å². The van der Waals surface area contributed by atoms with Gasteiger partial charge in [-0.1, -0.05) is 32.3 Å². The predicted octanol–water partition coefficient (Wildman–Crippen LogP) is 7.61. The topological polar surface area (TPSA) is 164 Å². The quantitative estimate of drug-likeness (QED) is 0.118. The summed E-state index contributed by atoms with van der Waals surface area (Å²) >= 11 is 0. The molecule has 3 aromatic carbocycles. The lowest BCUT2D eigenvalue weighted by molar-refractivity contribution is -0.133. The Bertz CT molecular complexity index is 2390. The second-order valence-corrected chi connectivity index (χ2v) is 17.8. The number of hydrogen-bond acceptors (Lipinski definition) is 9. The minimum absolute atomic E-state index is 0. The summed E-state index contributed by atoms with van der Waals surface area (Å²) in [6.07, 6.45) is 12.0. The molecule has 0 radical (unpaired) electrons. The third-order valence-electron chi connectivity index (χ3n) is 12.1. The number of halogens is 3. The predicted molar refractivity (Wildman–Crippen MR) is 224 cm³/mol. The highest BCUT2D eigenvalue weighted by atomic mass is 32.2. The average Bonchev–Trinajstić information content (AvgIpc) is 3.21. The second-order valence-electron chi connectivity index (χ2n) is 16.0. The third-order valence-corrected chi connectivity index (χ3v) is 13.7. The Hall–Kier alpha value is -5.00. The zero-order valence-electron chi connectivity index (χ0n) is 33.2. The largest absolute Gasteiger partial charge is 0.451 e. The molecule has 2 saturated carbocycles. The Morgan fingerprint density at radius 2 is 1.71 bits per heavy atom. The lowest BCUT2D eigenvalue weighted by atomic mass is 9.60. The molecule has 4 aliphatic rings. The van der Waals surface area contributed by atoms with Crippen LogP contribution in [0.3, 0.4) is 0 Å². The van der Waals surface area contributed by atoms with Crippen LogP contribution in [0.2, 0.25) is 0 Å². The number of aromatic nitrogens is 2. The summed E-state index contributed by atoms with van der Waals surface area (Å²) in [5, 5.41) is 8.95. The van der Waals surface area contributed by atoms with E-state index in [0.717, 1.165) is 73.6 Å². The molecule has 8 rings (SSSR count). The van der Waals surface area contributed by atoms with Crippen molar-refractivity contribution in [2.24, 2.45) is 5.41 Å². The van der Waals surface area contributed by atoms with Crippen molar-refractivity contribution in [3.05, 3.63) is 88.2 Å². The van der Waals surface area contributed by atoms with Gasteiger partial charge in [-0.25, -0.2) is 18.2 Å². The third kappa shape index (κ3) is 9.42. The fourth-order valence-electron chi connectivity index (χ4n) is 8.54. The van der Waals surface area contributed by atoms with Gasteiger partial charge < -0.3 is 15.4 Å². The number of ether oxygens (including phenoxy) is 1. The molecule has 2 saturated heterocycles. The molecular weight excluding hydrogens is 788 g/mol. The number of carbonyl (C=O) groups is 2. The molecule has 4 N–H and O–H groups in total. The first kappa shape index (κ1) is 42.1. The van der Waals surface area contributed by atoms with Crippen LogP contribution in [-0.4, -0.2) is 66.8 Å². The number of piperidine rings is 2. The van der Waals surface area contributed by atoms with E-state index in [1.165, 1.54) is 44.5 Å². The van der Waals surface area contributed by atoms with Crippen LogP contribution < -0.4 is 31.0 Å². The van der Waals surface area contributed by atoms with Crippen LogP contribution in [-0.2, 0) is 19.8 Å². The van der Waals surface area contributed by atoms with E-state index in [2.05, 4.69) is 25.7 Å². The van der Waals surface area contributed by atoms with Crippen molar-refractivity contribution in [1.29, 1.82) is 0 Å². The standard InChI is InChI=1S/C25H29F2N5O4S.C17H21FN2O2.3H2/c1-3-31(2)37(34,35)30-21-7-5-19(26)23(22(21)27)36-17-4-6-20-18(12-17)24(33)32(15-29-20)16-13-25(14-16)8-10-28-11-9-25;18-14-10-12(19-15-8-9-16(21)20-17(15)22)6-7-13(14)11-4-2-1-3-5-11;;;/h4-7,12,15-16,28,30H,3,8-11,13-14H2,1-2H3;6-7,10-11,15,19H,1-5,8-9H2,(H,20,21,22);3*1H. The van der Waals surface area contributed by atoms with Gasteiger partial charge in [-0.15, -0.1) is 0 Å². The molecule has 2 amide bonds. The van der Waals surface area contributed by atoms with Crippen LogP contribution in [0.4, 0.5) is 24.5 Å². The summed E-state index contributed by atoms with van der Waals surface area (Å²) in [6.45, 7) is 3.75. The SMILES string of the molecule is CCN(C)S(=O)(=O)Nc1ccc(F)c(Oc2ccc3ncn(C4CC5(CCNCC5)C4)c(=O)c3c2)c1F.O=C1CCC(Nc2ccc(C3CCCCC3)c(F)c2)C(=O)N1.[HH].[HH].[HH]. The highest BCUT2D eigenvalue weighted by molar-refractivity contribution is 7.90. The van der Waals surface area contributed by atoms with Crippen molar-refractivity contribution in [1.82, 2.24) is 24.5 Å². The van der Waals surface area contributed by atoms with Crippen LogP contribution in [0.25, 0.3) is 10.9 Å². The summed E-state index contributed by atoms with van der Waals surface area (Å²) < 4.78 is 78.8. The Kier molecular flexibility index (Phi) is 12.6. The van der Waals surface area contributed by atoms with Gasteiger partial charge in [-0.2, -0.15) is 12.7 Å². The van der Waals surface area contributed by atoms with Gasteiger partial charge in [0.2, 0.25) is 17.6 Å². The maximum absolute atomic E-state index is 15.1. The maximum atomic E-state index is 15.1. The van der Waals surface area contributed by atoms with Crippen molar-refractivity contribution >= 4 is 44.3 Å². The van der Waals surface area contributed by atoms with Crippen molar-refractivity contribution in [2.75, 3.05) is 36.7 Å². The van der Waals surface area contributed by atoms with Crippen molar-refractivity contribution in [3.63, 3.8) is 0 Å². The van der Waals surface area contributed by atoms with E-state index in [1.54, 1.807) is 23.9 Å². The number of rotatable bonds is 10. The maximum Gasteiger partial charge on any atom is 0.301 e. The highest BCUT2D eigenvalue weighted by Gasteiger charge is 2.45. The normalized spacial score (nSPS) is 19.8. The van der Waals surface area contributed by atoms with Gasteiger partial charge >= 0.3 is 10.2 Å². The second kappa shape index (κ2) is 17.7. The Labute approximate surface area is 345 Å². The number of nitrogens with one attached hydrogen (secondary N) is 4. The minimum Gasteiger partial charge on any atom is -0.451 e. The van der Waals surface area contributed by atoms with E-state index in [-0.39, 0.29) is 56.6 Å². The van der Waals surface area contributed by atoms with Gasteiger partial charge in [0.05, 0.1) is 22.9 Å². The highest BCUT2D eigenvalue weighted by Crippen LogP contribution is 2.53. The fourth-order valence-corrected chi connectivity index (χ4v) is 9.48. The molecule has 2 aliphatic carbocycles. The van der Waals surface area contributed by atoms with E-state index < -0.39 is 39.3 Å². The van der Waals surface area contributed by atoms with Crippen molar-refractivity contribution in [2.45, 2.75) is 95.6 Å². The molecule has 4 fully saturated rings. The monoisotopic (exact) mass is 843 g/mol. The first-order valence-electron chi connectivity index (χ1n) is 20.3. The molecule has 17 heteroatoms. The van der Waals surface area contributed by atoms with Gasteiger partial charge in [0.25, 0.3) is 5.56 Å². The van der Waals surface area contributed by atoms with Gasteiger partial charge in [0.1, 0.15) is 17.6 Å². The number of imide groups is 1. The number of anilines is 2. The summed E-state index contributed by atoms with van der Waals surface area (Å²) in [4.78, 5) is 40.6. The van der Waals surface area contributed by atoms with Crippen LogP contribution in [0.1, 0.15) is 99.4 Å². The summed E-state index contributed by atoms with van der Waals surface area (Å²) in [5.74, 6) is -3.46. The number of amides is 2. The molecule has 59 heavy (non-hydrogen) atoms. The molecule has 322 valence electrons. The fraction of sp³-hybridized carbons (Fsp3) is 0.476. The van der Waals surface area contributed by atoms with E-state index in [9.17, 15) is 31.6 Å². The molecule has 13 nitrogen and oxygen atoms in total. The van der Waals surface area contributed by atoms with Crippen molar-refractivity contribution in [3.8, 4) is 11.5 Å². The zero-order chi connectivity index (χ0) is 41.9. The summed E-state index contributed by atoms with van der Waals surface area (Å²) in [6, 6.07) is 11.0. The molecule has 2 aliphatic heterocycles. The lowest BCUT2D eigenvalue weighted by Gasteiger charge is -2.50. The van der Waals surface area contributed by atoms with E-state index >= 15 is 4.39 Å². The van der Waals surface area contributed by atoms with E-state index in [0.29, 0.717) is 30.0 Å². The summed E-state index contributed by atoms with van der Waals surface area (Å²) in [7, 11) is -2.71. The van der Waals surface area contributed by atoms with Crippen molar-refractivity contribution < 1.29 is 40.2 Å². The smallest absolute Gasteiger partial charge is 0.301 e. The number of benzene rings is 3. The number of fused-ring (bicyclic) bond motifs is 1. The Morgan fingerprint density at radius 1 is 0.966 bits per heavy atom. The molecule has 1 atom stereocenters. The minimum atomic E-state index is -4.03. The molecule has 4 aromatic rings. The van der Waals surface area contributed by atoms with E-state index in [4.69, 9.17) is 4.74 Å². The molecular formula is C42H56F3N7O6S. The molecule has 3 heterocycles. The first-order chi connectivity index (χ1) is 28.3. The number of nitrogens with zero attached hydrogens (tertiary/aromatic N) is 3. The number of hydrogen-bond donors (Lipinski definition) is 4. The van der Waals surface area contributed by atoms with Crippen LogP contribution in [0.5, 0.6) is 11.5 Å². The molecule has 1 aromatic heterocycles. The van der Waals surface area contributed by atoms with Gasteiger partial charge in [-0.05, 0) is 117 Å². The molecule has 1 unspecified atom stereocenters. The number of carbonyl (C=O) groups excluding carboxylic acids is 2. The zero-order valence-corrected chi connectivity index (χ0v) is 34.0. The van der Waals surface area contributed by atoms with Gasteiger partial charge in [0.15, 0.2) is 11.6 Å². The van der Waals surface area contributed by atoms with E-state index in [1.807, 2.05) is 12.1 Å². The average molecular weight is 844 g/mol. The van der Waals surface area contributed by atoms with Crippen LogP contribution in [0.15, 0.2) is 59.7 Å². The summed E-state index contributed by atoms with van der Waals surface area (Å²) in [5.41, 5.74) is 1.39. The van der Waals surface area contributed by atoms with Gasteiger partial charge in [-0.3, -0.25) is 29.0 Å².